The molecular weight excluding hydrogens is 366 g/mol. The van der Waals surface area contributed by atoms with Crippen LogP contribution in [0.1, 0.15) is 30.9 Å². The number of sulfonamides is 1. The summed E-state index contributed by atoms with van der Waals surface area (Å²) < 4.78 is 32.5. The second-order valence-corrected chi connectivity index (χ2v) is 8.01. The van der Waals surface area contributed by atoms with Crippen LogP contribution >= 0.6 is 0 Å². The fraction of sp³-hybridized carbons (Fsp3) is 0.263. The Kier molecular flexibility index (Phi) is 6.55. The van der Waals surface area contributed by atoms with E-state index in [1.165, 1.54) is 18.2 Å². The number of nitriles is 1. The molecule has 142 valence electrons. The van der Waals surface area contributed by atoms with Gasteiger partial charge in [-0.2, -0.15) is 5.26 Å². The molecular formula is C19H21N3O4S. The van der Waals surface area contributed by atoms with Crippen LogP contribution in [0, 0.1) is 18.3 Å². The average molecular weight is 387 g/mol. The molecule has 1 aromatic heterocycles. The number of nitrogens with one attached hydrogen (secondary N) is 2. The molecule has 0 spiro atoms. The van der Waals surface area contributed by atoms with Gasteiger partial charge in [-0.15, -0.1) is 0 Å². The molecule has 0 saturated carbocycles. The molecule has 0 aliphatic rings. The summed E-state index contributed by atoms with van der Waals surface area (Å²) in [5.74, 6) is 0.152. The molecule has 0 fully saturated rings. The van der Waals surface area contributed by atoms with E-state index in [2.05, 4.69) is 10.0 Å². The van der Waals surface area contributed by atoms with Crippen molar-refractivity contribution in [2.24, 2.45) is 0 Å². The molecule has 1 amide bonds. The third kappa shape index (κ3) is 5.81. The predicted octanol–water partition coefficient (Wildman–Crippen LogP) is 2.50. The summed E-state index contributed by atoms with van der Waals surface area (Å²) in [5, 5.41) is 11.7. The standard InChI is InChI=1S/C19H21N3O4S/c1-13(2)22-19(23)15(11-20)10-16-6-7-17(26-16)12-21-27(24,25)18-8-4-14(3)5-9-18/h4-10,13,21H,12H2,1-3H3,(H,22,23)/b15-10-. The molecule has 8 heteroatoms. The van der Waals surface area contributed by atoms with Crippen molar-refractivity contribution in [2.45, 2.75) is 38.3 Å². The van der Waals surface area contributed by atoms with Gasteiger partial charge in [0.2, 0.25) is 10.0 Å². The lowest BCUT2D eigenvalue weighted by atomic mass is 10.2. The zero-order chi connectivity index (χ0) is 20.0. The number of carbonyl (C=O) groups excluding carboxylic acids is 1. The summed E-state index contributed by atoms with van der Waals surface area (Å²) in [4.78, 5) is 12.1. The van der Waals surface area contributed by atoms with Crippen molar-refractivity contribution in [1.82, 2.24) is 10.0 Å². The zero-order valence-corrected chi connectivity index (χ0v) is 16.1. The highest BCUT2D eigenvalue weighted by Gasteiger charge is 2.15. The van der Waals surface area contributed by atoms with E-state index in [0.717, 1.165) is 5.56 Å². The maximum Gasteiger partial charge on any atom is 0.262 e. The molecule has 2 rings (SSSR count). The number of aryl methyl sites for hydroxylation is 1. The van der Waals surface area contributed by atoms with Gasteiger partial charge < -0.3 is 9.73 Å². The average Bonchev–Trinajstić information content (AvgIpc) is 3.05. The van der Waals surface area contributed by atoms with Crippen LogP contribution in [0.4, 0.5) is 0 Å². The van der Waals surface area contributed by atoms with Gasteiger partial charge in [-0.05, 0) is 45.0 Å². The molecule has 1 aromatic carbocycles. The van der Waals surface area contributed by atoms with Crippen LogP contribution in [0.2, 0.25) is 0 Å². The lowest BCUT2D eigenvalue weighted by Crippen LogP contribution is -2.30. The van der Waals surface area contributed by atoms with Crippen molar-refractivity contribution in [3.05, 3.63) is 59.1 Å². The third-order valence-corrected chi connectivity index (χ3v) is 4.94. The van der Waals surface area contributed by atoms with Crippen LogP contribution in [0.5, 0.6) is 0 Å². The molecule has 0 aliphatic carbocycles. The fourth-order valence-electron chi connectivity index (χ4n) is 2.16. The predicted molar refractivity (Wildman–Crippen MR) is 101 cm³/mol. The minimum absolute atomic E-state index is 0.0515. The van der Waals surface area contributed by atoms with E-state index in [1.807, 2.05) is 13.0 Å². The van der Waals surface area contributed by atoms with Crippen molar-refractivity contribution in [3.63, 3.8) is 0 Å². The molecule has 0 radical (unpaired) electrons. The first-order valence-corrected chi connectivity index (χ1v) is 9.77. The highest BCUT2D eigenvalue weighted by atomic mass is 32.2. The summed E-state index contributed by atoms with van der Waals surface area (Å²) in [5.41, 5.74) is 0.871. The van der Waals surface area contributed by atoms with Crippen molar-refractivity contribution in [2.75, 3.05) is 0 Å². The minimum atomic E-state index is -3.66. The maximum atomic E-state index is 12.3. The molecule has 2 aromatic rings. The van der Waals surface area contributed by atoms with Gasteiger partial charge in [0.1, 0.15) is 23.2 Å². The van der Waals surface area contributed by atoms with Gasteiger partial charge in [0.25, 0.3) is 5.91 Å². The Labute approximate surface area is 158 Å². The molecule has 0 unspecified atom stereocenters. The van der Waals surface area contributed by atoms with Gasteiger partial charge in [0.15, 0.2) is 0 Å². The lowest BCUT2D eigenvalue weighted by Gasteiger charge is -2.06. The normalized spacial score (nSPS) is 12.0. The number of amides is 1. The number of rotatable bonds is 7. The summed E-state index contributed by atoms with van der Waals surface area (Å²) in [7, 11) is -3.66. The first kappa shape index (κ1) is 20.4. The van der Waals surface area contributed by atoms with Crippen LogP contribution in [0.25, 0.3) is 6.08 Å². The SMILES string of the molecule is Cc1ccc(S(=O)(=O)NCc2ccc(/C=C(/C#N)C(=O)NC(C)C)o2)cc1. The Morgan fingerprint density at radius 2 is 1.89 bits per heavy atom. The number of carbonyl (C=O) groups is 1. The first-order valence-electron chi connectivity index (χ1n) is 8.29. The highest BCUT2D eigenvalue weighted by molar-refractivity contribution is 7.89. The molecule has 0 saturated heterocycles. The van der Waals surface area contributed by atoms with Crippen molar-refractivity contribution in [1.29, 1.82) is 5.26 Å². The summed E-state index contributed by atoms with van der Waals surface area (Å²) in [6, 6.07) is 11.4. The van der Waals surface area contributed by atoms with E-state index in [4.69, 9.17) is 9.68 Å². The van der Waals surface area contributed by atoms with E-state index in [1.54, 1.807) is 38.1 Å². The summed E-state index contributed by atoms with van der Waals surface area (Å²) >= 11 is 0. The molecule has 7 nitrogen and oxygen atoms in total. The Balaban J connectivity index is 2.07. The number of hydrogen-bond acceptors (Lipinski definition) is 5. The van der Waals surface area contributed by atoms with Crippen molar-refractivity contribution in [3.8, 4) is 6.07 Å². The lowest BCUT2D eigenvalue weighted by molar-refractivity contribution is -0.117. The smallest absolute Gasteiger partial charge is 0.262 e. The molecule has 0 aliphatic heterocycles. The van der Waals surface area contributed by atoms with Crippen LogP contribution in [0.15, 0.2) is 51.3 Å². The minimum Gasteiger partial charge on any atom is -0.460 e. The second-order valence-electron chi connectivity index (χ2n) is 6.24. The van der Waals surface area contributed by atoms with Gasteiger partial charge in [0, 0.05) is 12.1 Å². The quantitative estimate of drug-likeness (QED) is 0.560. The van der Waals surface area contributed by atoms with E-state index < -0.39 is 15.9 Å². The molecule has 1 heterocycles. The molecule has 0 atom stereocenters. The number of benzene rings is 1. The fourth-order valence-corrected chi connectivity index (χ4v) is 3.16. The Morgan fingerprint density at radius 3 is 2.48 bits per heavy atom. The monoisotopic (exact) mass is 387 g/mol. The Bertz CT molecular complexity index is 981. The molecule has 2 N–H and O–H groups in total. The highest BCUT2D eigenvalue weighted by Crippen LogP contribution is 2.14. The van der Waals surface area contributed by atoms with Gasteiger partial charge in [-0.1, -0.05) is 17.7 Å². The Morgan fingerprint density at radius 1 is 1.22 bits per heavy atom. The van der Waals surface area contributed by atoms with Crippen LogP contribution in [-0.4, -0.2) is 20.4 Å². The van der Waals surface area contributed by atoms with Gasteiger partial charge in [-0.3, -0.25) is 4.79 Å². The second kappa shape index (κ2) is 8.66. The van der Waals surface area contributed by atoms with Gasteiger partial charge in [-0.25, -0.2) is 13.1 Å². The van der Waals surface area contributed by atoms with E-state index in [9.17, 15) is 13.2 Å². The largest absolute Gasteiger partial charge is 0.460 e. The third-order valence-electron chi connectivity index (χ3n) is 3.52. The van der Waals surface area contributed by atoms with E-state index >= 15 is 0 Å². The van der Waals surface area contributed by atoms with Gasteiger partial charge in [0.05, 0.1) is 11.4 Å². The maximum absolute atomic E-state index is 12.3. The molecule has 0 bridgehead atoms. The van der Waals surface area contributed by atoms with Crippen LogP contribution < -0.4 is 10.0 Å². The summed E-state index contributed by atoms with van der Waals surface area (Å²) in [6.07, 6.45) is 1.32. The van der Waals surface area contributed by atoms with Crippen molar-refractivity contribution >= 4 is 22.0 Å². The first-order chi connectivity index (χ1) is 12.7. The van der Waals surface area contributed by atoms with E-state index in [0.29, 0.717) is 5.76 Å². The number of nitrogens with zero attached hydrogens (tertiary/aromatic N) is 1. The zero-order valence-electron chi connectivity index (χ0n) is 15.3. The summed E-state index contributed by atoms with van der Waals surface area (Å²) in [6.45, 7) is 5.40. The number of hydrogen-bond donors (Lipinski definition) is 2. The topological polar surface area (TPSA) is 112 Å². The number of furan rings is 1. The van der Waals surface area contributed by atoms with Gasteiger partial charge >= 0.3 is 0 Å². The van der Waals surface area contributed by atoms with Crippen LogP contribution in [0.3, 0.4) is 0 Å². The Hall–Kier alpha value is -2.89. The molecule has 27 heavy (non-hydrogen) atoms. The van der Waals surface area contributed by atoms with Crippen LogP contribution in [-0.2, 0) is 21.4 Å². The van der Waals surface area contributed by atoms with E-state index in [-0.39, 0.29) is 28.8 Å². The van der Waals surface area contributed by atoms with Crippen molar-refractivity contribution < 1.29 is 17.6 Å².